The minimum atomic E-state index is -4.08. The number of rotatable bonds is 3. The van der Waals surface area contributed by atoms with E-state index in [4.69, 9.17) is 5.11 Å². The summed E-state index contributed by atoms with van der Waals surface area (Å²) in [6.07, 6.45) is 0.674. The van der Waals surface area contributed by atoms with Crippen LogP contribution in [0.1, 0.15) is 12.0 Å². The number of hydrogen-bond donors (Lipinski definition) is 1. The van der Waals surface area contributed by atoms with Crippen LogP contribution in [0.4, 0.5) is 8.78 Å². The lowest BCUT2D eigenvalue weighted by Crippen LogP contribution is -2.33. The van der Waals surface area contributed by atoms with Crippen LogP contribution >= 0.6 is 11.8 Å². The van der Waals surface area contributed by atoms with Gasteiger partial charge in [0.1, 0.15) is 4.90 Å². The van der Waals surface area contributed by atoms with Crippen molar-refractivity contribution in [2.45, 2.75) is 17.9 Å². The molecule has 0 spiro atoms. The van der Waals surface area contributed by atoms with E-state index in [9.17, 15) is 17.2 Å². The Morgan fingerprint density at radius 1 is 1.25 bits per heavy atom. The summed E-state index contributed by atoms with van der Waals surface area (Å²) in [5, 5.41) is 9.00. The third-order valence-corrected chi connectivity index (χ3v) is 5.98. The summed E-state index contributed by atoms with van der Waals surface area (Å²) >= 11 is 1.63. The van der Waals surface area contributed by atoms with Crippen LogP contribution in [0.15, 0.2) is 17.0 Å². The summed E-state index contributed by atoms with van der Waals surface area (Å²) in [5.74, 6) is -1.18. The Kier molecular flexibility index (Phi) is 5.00. The zero-order valence-electron chi connectivity index (χ0n) is 10.7. The van der Waals surface area contributed by atoms with E-state index in [2.05, 4.69) is 0 Å². The van der Waals surface area contributed by atoms with Crippen molar-refractivity contribution in [2.75, 3.05) is 24.6 Å². The summed E-state index contributed by atoms with van der Waals surface area (Å²) in [7, 11) is -4.08. The highest BCUT2D eigenvalue weighted by Gasteiger charge is 2.30. The van der Waals surface area contributed by atoms with Crippen LogP contribution in [-0.4, -0.2) is 42.4 Å². The van der Waals surface area contributed by atoms with Gasteiger partial charge in [-0.1, -0.05) is 0 Å². The number of aliphatic hydroxyl groups is 1. The minimum absolute atomic E-state index is 0.0340. The van der Waals surface area contributed by atoms with E-state index in [-0.39, 0.29) is 12.1 Å². The molecule has 1 aliphatic heterocycles. The molecule has 0 aliphatic carbocycles. The van der Waals surface area contributed by atoms with Crippen molar-refractivity contribution in [3.05, 3.63) is 29.3 Å². The highest BCUT2D eigenvalue weighted by atomic mass is 32.2. The molecule has 0 atom stereocenters. The molecular formula is C12H15F2NO3S2. The number of thioether (sulfide) groups is 1. The van der Waals surface area contributed by atoms with Gasteiger partial charge in [0.2, 0.25) is 10.0 Å². The number of sulfonamides is 1. The molecule has 1 heterocycles. The first kappa shape index (κ1) is 15.7. The van der Waals surface area contributed by atoms with Gasteiger partial charge in [0.05, 0.1) is 6.61 Å². The van der Waals surface area contributed by atoms with Gasteiger partial charge in [-0.3, -0.25) is 0 Å². The average molecular weight is 323 g/mol. The van der Waals surface area contributed by atoms with Gasteiger partial charge in [-0.25, -0.2) is 17.2 Å². The molecule has 0 bridgehead atoms. The van der Waals surface area contributed by atoms with Gasteiger partial charge in [-0.15, -0.1) is 0 Å². The molecular weight excluding hydrogens is 308 g/mol. The van der Waals surface area contributed by atoms with Crippen LogP contribution in [0.25, 0.3) is 0 Å². The predicted molar refractivity (Wildman–Crippen MR) is 73.0 cm³/mol. The highest BCUT2D eigenvalue weighted by Crippen LogP contribution is 2.25. The average Bonchev–Trinajstić information content (AvgIpc) is 2.70. The van der Waals surface area contributed by atoms with Gasteiger partial charge < -0.3 is 5.11 Å². The zero-order valence-corrected chi connectivity index (χ0v) is 12.3. The van der Waals surface area contributed by atoms with Gasteiger partial charge in [-0.2, -0.15) is 16.1 Å². The lowest BCUT2D eigenvalue weighted by Gasteiger charge is -2.20. The monoisotopic (exact) mass is 323 g/mol. The molecule has 112 valence electrons. The SMILES string of the molecule is O=S(=O)(c1cc(CO)cc(F)c1F)N1CCCSCC1. The minimum Gasteiger partial charge on any atom is -0.392 e. The van der Waals surface area contributed by atoms with Gasteiger partial charge in [-0.05, 0) is 29.9 Å². The van der Waals surface area contributed by atoms with Gasteiger partial charge in [0, 0.05) is 18.8 Å². The molecule has 4 nitrogen and oxygen atoms in total. The van der Waals surface area contributed by atoms with Crippen molar-refractivity contribution in [1.29, 1.82) is 0 Å². The molecule has 0 amide bonds. The zero-order chi connectivity index (χ0) is 14.8. The fraction of sp³-hybridized carbons (Fsp3) is 0.500. The van der Waals surface area contributed by atoms with Crippen molar-refractivity contribution in [1.82, 2.24) is 4.31 Å². The molecule has 0 aromatic heterocycles. The molecule has 1 aromatic carbocycles. The Bertz CT molecular complexity index is 585. The number of halogens is 2. The normalized spacial score (nSPS) is 17.9. The van der Waals surface area contributed by atoms with Crippen molar-refractivity contribution in [2.24, 2.45) is 0 Å². The number of hydrogen-bond acceptors (Lipinski definition) is 4. The van der Waals surface area contributed by atoms with Crippen LogP contribution in [0, 0.1) is 11.6 Å². The summed E-state index contributed by atoms with van der Waals surface area (Å²) in [5.41, 5.74) is 0.0340. The van der Waals surface area contributed by atoms with Gasteiger partial charge >= 0.3 is 0 Å². The Morgan fingerprint density at radius 2 is 2.00 bits per heavy atom. The quantitative estimate of drug-likeness (QED) is 0.918. The number of nitrogens with zero attached hydrogens (tertiary/aromatic N) is 1. The van der Waals surface area contributed by atoms with Crippen molar-refractivity contribution < 1.29 is 22.3 Å². The van der Waals surface area contributed by atoms with E-state index in [1.807, 2.05) is 0 Å². The van der Waals surface area contributed by atoms with Crippen molar-refractivity contribution >= 4 is 21.8 Å². The number of benzene rings is 1. The molecule has 2 rings (SSSR count). The standard InChI is InChI=1S/C12H15F2NO3S2/c13-10-6-9(8-16)7-11(12(10)14)20(17,18)15-2-1-4-19-5-3-15/h6-7,16H,1-5,8H2. The lowest BCUT2D eigenvalue weighted by atomic mass is 10.2. The Morgan fingerprint density at radius 3 is 2.70 bits per heavy atom. The summed E-state index contributed by atoms with van der Waals surface area (Å²) < 4.78 is 53.2. The van der Waals surface area contributed by atoms with Gasteiger partial charge in [0.15, 0.2) is 11.6 Å². The molecule has 1 saturated heterocycles. The van der Waals surface area contributed by atoms with Crippen LogP contribution in [0.3, 0.4) is 0 Å². The molecule has 0 radical (unpaired) electrons. The Labute approximate surface area is 120 Å². The fourth-order valence-electron chi connectivity index (χ4n) is 2.00. The largest absolute Gasteiger partial charge is 0.392 e. The van der Waals surface area contributed by atoms with Crippen LogP contribution in [0.2, 0.25) is 0 Å². The maximum atomic E-state index is 13.8. The molecule has 1 fully saturated rings. The van der Waals surface area contributed by atoms with E-state index in [0.29, 0.717) is 18.7 Å². The van der Waals surface area contributed by atoms with E-state index in [1.54, 1.807) is 11.8 Å². The van der Waals surface area contributed by atoms with E-state index in [1.165, 1.54) is 4.31 Å². The molecule has 8 heteroatoms. The maximum Gasteiger partial charge on any atom is 0.246 e. The lowest BCUT2D eigenvalue weighted by molar-refractivity contribution is 0.280. The van der Waals surface area contributed by atoms with Crippen LogP contribution < -0.4 is 0 Å². The second kappa shape index (κ2) is 6.38. The molecule has 0 unspecified atom stereocenters. The second-order valence-corrected chi connectivity index (χ2v) is 7.55. The molecule has 0 saturated carbocycles. The van der Waals surface area contributed by atoms with Crippen molar-refractivity contribution in [3.8, 4) is 0 Å². The van der Waals surface area contributed by atoms with Crippen molar-refractivity contribution in [3.63, 3.8) is 0 Å². The highest BCUT2D eigenvalue weighted by molar-refractivity contribution is 7.99. The topological polar surface area (TPSA) is 57.6 Å². The smallest absolute Gasteiger partial charge is 0.246 e. The maximum absolute atomic E-state index is 13.8. The molecule has 1 aromatic rings. The first-order valence-corrected chi connectivity index (χ1v) is 8.73. The molecule has 20 heavy (non-hydrogen) atoms. The van der Waals surface area contributed by atoms with Gasteiger partial charge in [0.25, 0.3) is 0 Å². The first-order valence-electron chi connectivity index (χ1n) is 6.13. The second-order valence-electron chi connectivity index (χ2n) is 4.42. The van der Waals surface area contributed by atoms with E-state index < -0.39 is 33.2 Å². The van der Waals surface area contributed by atoms with Crippen LogP contribution in [-0.2, 0) is 16.6 Å². The first-order chi connectivity index (χ1) is 9.46. The van der Waals surface area contributed by atoms with E-state index >= 15 is 0 Å². The Hall–Kier alpha value is -0.700. The Balaban J connectivity index is 2.45. The molecule has 1 aliphatic rings. The predicted octanol–water partition coefficient (Wildman–Crippen LogP) is 1.58. The third kappa shape index (κ3) is 3.13. The third-order valence-electron chi connectivity index (χ3n) is 3.04. The summed E-state index contributed by atoms with van der Waals surface area (Å²) in [6, 6.07) is 1.79. The number of aliphatic hydroxyl groups excluding tert-OH is 1. The summed E-state index contributed by atoms with van der Waals surface area (Å²) in [6.45, 7) is 0.0206. The molecule has 1 N–H and O–H groups in total. The summed E-state index contributed by atoms with van der Waals surface area (Å²) in [4.78, 5) is -0.701. The van der Waals surface area contributed by atoms with E-state index in [0.717, 1.165) is 17.9 Å². The fourth-order valence-corrected chi connectivity index (χ4v) is 4.60. The van der Waals surface area contributed by atoms with Crippen LogP contribution in [0.5, 0.6) is 0 Å².